The van der Waals surface area contributed by atoms with Crippen molar-refractivity contribution in [3.63, 3.8) is 0 Å². The zero-order valence-corrected chi connectivity index (χ0v) is 11.3. The minimum atomic E-state index is -1.25. The molecular formula is C15H17N2O3+. The second-order valence-corrected chi connectivity index (χ2v) is 4.71. The lowest BCUT2D eigenvalue weighted by Crippen LogP contribution is -2.49. The van der Waals surface area contributed by atoms with Crippen LogP contribution < -0.4 is 4.59 Å². The summed E-state index contributed by atoms with van der Waals surface area (Å²) in [5.41, 5.74) is 0.416. The molecule has 2 aromatic carbocycles. The number of unbranched alkanes of at least 4 members (excludes halogenated alkanes) is 1. The molecule has 1 N–H and O–H groups in total. The average Bonchev–Trinajstić information content (AvgIpc) is 2.48. The van der Waals surface area contributed by atoms with Crippen molar-refractivity contribution in [2.75, 3.05) is 6.54 Å². The van der Waals surface area contributed by atoms with Gasteiger partial charge in [-0.25, -0.2) is 0 Å². The quantitative estimate of drug-likeness (QED) is 0.501. The van der Waals surface area contributed by atoms with Gasteiger partial charge in [-0.15, -0.1) is 0 Å². The molecule has 0 saturated carbocycles. The van der Waals surface area contributed by atoms with E-state index in [0.29, 0.717) is 12.1 Å². The third-order valence-electron chi connectivity index (χ3n) is 3.46. The lowest BCUT2D eigenvalue weighted by Gasteiger charge is -2.22. The van der Waals surface area contributed by atoms with Crippen LogP contribution in [-0.2, 0) is 0 Å². The first-order valence-electron chi connectivity index (χ1n) is 6.60. The molecular weight excluding hydrogens is 256 g/mol. The normalized spacial score (nSPS) is 13.8. The standard InChI is InChI=1S/C15H16N2O3/c1-2-3-11-17(16-20,15(18)19)14-10-6-8-12-7-4-5-9-13(12)14/h4-10H,2-3,11H2,1H3/p+1. The van der Waals surface area contributed by atoms with Crippen LogP contribution in [0.5, 0.6) is 0 Å². The minimum Gasteiger partial charge on any atom is -0.433 e. The van der Waals surface area contributed by atoms with E-state index in [1.807, 2.05) is 37.3 Å². The van der Waals surface area contributed by atoms with Crippen molar-refractivity contribution < 1.29 is 9.90 Å². The van der Waals surface area contributed by atoms with Crippen molar-refractivity contribution in [2.24, 2.45) is 5.29 Å². The fourth-order valence-electron chi connectivity index (χ4n) is 2.36. The monoisotopic (exact) mass is 273 g/mol. The molecule has 5 nitrogen and oxygen atoms in total. The molecule has 2 aromatic rings. The van der Waals surface area contributed by atoms with Gasteiger partial charge in [0.2, 0.25) is 0 Å². The van der Waals surface area contributed by atoms with E-state index in [1.165, 1.54) is 0 Å². The van der Waals surface area contributed by atoms with Crippen LogP contribution in [0.2, 0.25) is 0 Å². The van der Waals surface area contributed by atoms with Gasteiger partial charge in [0, 0.05) is 11.5 Å². The largest absolute Gasteiger partial charge is 0.549 e. The summed E-state index contributed by atoms with van der Waals surface area (Å²) in [5, 5.41) is 14.1. The molecule has 0 fully saturated rings. The van der Waals surface area contributed by atoms with Crippen LogP contribution in [0.15, 0.2) is 47.8 Å². The Kier molecular flexibility index (Phi) is 4.10. The molecule has 2 rings (SSSR count). The summed E-state index contributed by atoms with van der Waals surface area (Å²) in [4.78, 5) is 23.0. The van der Waals surface area contributed by atoms with Crippen molar-refractivity contribution in [3.05, 3.63) is 47.4 Å². The van der Waals surface area contributed by atoms with E-state index < -0.39 is 10.7 Å². The summed E-state index contributed by atoms with van der Waals surface area (Å²) in [7, 11) is 0. The van der Waals surface area contributed by atoms with Crippen LogP contribution in [0.1, 0.15) is 19.8 Å². The Labute approximate surface area is 117 Å². The molecule has 1 amide bonds. The molecule has 0 aliphatic heterocycles. The highest BCUT2D eigenvalue weighted by molar-refractivity contribution is 5.98. The van der Waals surface area contributed by atoms with Gasteiger partial charge < -0.3 is 5.11 Å². The van der Waals surface area contributed by atoms with Crippen LogP contribution in [0, 0.1) is 4.91 Å². The summed E-state index contributed by atoms with van der Waals surface area (Å²) < 4.78 is -0.921. The van der Waals surface area contributed by atoms with Crippen molar-refractivity contribution in [2.45, 2.75) is 19.8 Å². The molecule has 0 aliphatic rings. The van der Waals surface area contributed by atoms with Crippen molar-refractivity contribution >= 4 is 22.6 Å². The number of hydrogen-bond acceptors (Lipinski definition) is 3. The van der Waals surface area contributed by atoms with Crippen LogP contribution in [0.25, 0.3) is 10.8 Å². The Morgan fingerprint density at radius 2 is 1.90 bits per heavy atom. The maximum Gasteiger partial charge on any atom is 0.549 e. The SMILES string of the molecule is CCCC[N+](N=O)(C(=O)O)c1cccc2ccccc12. The molecule has 5 heteroatoms. The third-order valence-corrected chi connectivity index (χ3v) is 3.46. The number of rotatable bonds is 5. The molecule has 0 heterocycles. The Morgan fingerprint density at radius 1 is 1.20 bits per heavy atom. The first-order chi connectivity index (χ1) is 9.65. The molecule has 0 bridgehead atoms. The van der Waals surface area contributed by atoms with E-state index in [-0.39, 0.29) is 6.54 Å². The Hall–Kier alpha value is -2.27. The van der Waals surface area contributed by atoms with E-state index >= 15 is 0 Å². The number of quaternary nitrogens is 1. The number of hydrogen-bond donors (Lipinski definition) is 1. The first kappa shape index (κ1) is 14.1. The van der Waals surface area contributed by atoms with E-state index in [0.717, 1.165) is 17.2 Å². The zero-order chi connectivity index (χ0) is 14.6. The van der Waals surface area contributed by atoms with Gasteiger partial charge in [-0.05, 0) is 22.5 Å². The van der Waals surface area contributed by atoms with Crippen LogP contribution in [-0.4, -0.2) is 17.7 Å². The van der Waals surface area contributed by atoms with E-state index in [2.05, 4.69) is 5.29 Å². The molecule has 0 aliphatic carbocycles. The van der Waals surface area contributed by atoms with Crippen molar-refractivity contribution in [3.8, 4) is 0 Å². The van der Waals surface area contributed by atoms with Crippen LogP contribution >= 0.6 is 0 Å². The highest BCUT2D eigenvalue weighted by Gasteiger charge is 2.43. The number of nitroso groups, excluding NO2 is 1. The summed E-state index contributed by atoms with van der Waals surface area (Å²) in [6, 6.07) is 12.7. The van der Waals surface area contributed by atoms with Gasteiger partial charge >= 0.3 is 6.09 Å². The number of amides is 1. The van der Waals surface area contributed by atoms with E-state index in [1.54, 1.807) is 12.1 Å². The number of nitrogens with zero attached hydrogens (tertiary/aromatic N) is 2. The Bertz CT molecular complexity index is 637. The predicted octanol–water partition coefficient (Wildman–Crippen LogP) is 4.31. The molecule has 0 radical (unpaired) electrons. The Morgan fingerprint density at radius 3 is 2.55 bits per heavy atom. The fourth-order valence-corrected chi connectivity index (χ4v) is 2.36. The number of carbonyl (C=O) groups is 1. The molecule has 104 valence electrons. The van der Waals surface area contributed by atoms with Crippen LogP contribution in [0.3, 0.4) is 0 Å². The maximum absolute atomic E-state index is 11.7. The van der Waals surface area contributed by atoms with Gasteiger partial charge in [0.25, 0.3) is 0 Å². The summed E-state index contributed by atoms with van der Waals surface area (Å²) in [5.74, 6) is 0. The minimum absolute atomic E-state index is 0.156. The summed E-state index contributed by atoms with van der Waals surface area (Å²) >= 11 is 0. The molecule has 20 heavy (non-hydrogen) atoms. The van der Waals surface area contributed by atoms with Gasteiger partial charge in [0.1, 0.15) is 6.54 Å². The Balaban J connectivity index is 2.68. The highest BCUT2D eigenvalue weighted by Crippen LogP contribution is 2.33. The second kappa shape index (κ2) is 5.79. The average molecular weight is 273 g/mol. The predicted molar refractivity (Wildman–Crippen MR) is 79.3 cm³/mol. The maximum atomic E-state index is 11.7. The topological polar surface area (TPSA) is 66.7 Å². The van der Waals surface area contributed by atoms with Gasteiger partial charge in [-0.3, -0.25) is 0 Å². The van der Waals surface area contributed by atoms with Gasteiger partial charge in [0.05, 0.1) is 0 Å². The molecule has 0 saturated heterocycles. The second-order valence-electron chi connectivity index (χ2n) is 4.71. The summed E-state index contributed by atoms with van der Waals surface area (Å²) in [6.07, 6.45) is 0.166. The van der Waals surface area contributed by atoms with Gasteiger partial charge in [-0.2, -0.15) is 4.79 Å². The number of carboxylic acid groups (broad SMARTS) is 1. The van der Waals surface area contributed by atoms with Crippen LogP contribution in [0.4, 0.5) is 10.5 Å². The van der Waals surface area contributed by atoms with Gasteiger partial charge in [0.15, 0.2) is 11.0 Å². The molecule has 1 atom stereocenters. The number of fused-ring (bicyclic) bond motifs is 1. The fraction of sp³-hybridized carbons (Fsp3) is 0.267. The molecule has 1 unspecified atom stereocenters. The van der Waals surface area contributed by atoms with Crippen molar-refractivity contribution in [1.82, 2.24) is 4.59 Å². The zero-order valence-electron chi connectivity index (χ0n) is 11.3. The molecule has 0 aromatic heterocycles. The highest BCUT2D eigenvalue weighted by atomic mass is 16.4. The first-order valence-corrected chi connectivity index (χ1v) is 6.60. The lowest BCUT2D eigenvalue weighted by molar-refractivity contribution is 0.147. The van der Waals surface area contributed by atoms with E-state index in [9.17, 15) is 14.8 Å². The van der Waals surface area contributed by atoms with E-state index in [4.69, 9.17) is 0 Å². The lowest BCUT2D eigenvalue weighted by atomic mass is 10.1. The van der Waals surface area contributed by atoms with Gasteiger partial charge in [-0.1, -0.05) is 48.6 Å². The third kappa shape index (κ3) is 2.28. The van der Waals surface area contributed by atoms with Crippen molar-refractivity contribution in [1.29, 1.82) is 0 Å². The summed E-state index contributed by atoms with van der Waals surface area (Å²) in [6.45, 7) is 2.10. The molecule has 0 spiro atoms. The smallest absolute Gasteiger partial charge is 0.433 e. The number of benzene rings is 2.